The largest absolute Gasteiger partial charge is 0.497 e. The summed E-state index contributed by atoms with van der Waals surface area (Å²) in [6, 6.07) is 13.2. The second-order valence-corrected chi connectivity index (χ2v) is 10.1. The van der Waals surface area contributed by atoms with Gasteiger partial charge in [-0.15, -0.1) is 0 Å². The fourth-order valence-corrected chi connectivity index (χ4v) is 4.82. The molecule has 0 fully saturated rings. The van der Waals surface area contributed by atoms with Gasteiger partial charge >= 0.3 is 0 Å². The van der Waals surface area contributed by atoms with Crippen molar-refractivity contribution in [1.82, 2.24) is 10.2 Å². The fourth-order valence-electron chi connectivity index (χ4n) is 3.67. The second-order valence-electron chi connectivity index (χ2n) is 7.79. The van der Waals surface area contributed by atoms with E-state index in [2.05, 4.69) is 5.32 Å². The number of sulfonamides is 1. The number of anilines is 1. The van der Waals surface area contributed by atoms with Crippen molar-refractivity contribution in [3.63, 3.8) is 0 Å². The first-order chi connectivity index (χ1) is 16.1. The molecule has 10 heteroatoms. The third-order valence-corrected chi connectivity index (χ3v) is 6.99. The van der Waals surface area contributed by atoms with Crippen molar-refractivity contribution in [2.45, 2.75) is 38.8 Å². The highest BCUT2D eigenvalue weighted by atomic mass is 35.5. The number of nitrogens with one attached hydrogen (secondary N) is 1. The molecule has 0 unspecified atom stereocenters. The van der Waals surface area contributed by atoms with E-state index in [1.807, 2.05) is 19.1 Å². The van der Waals surface area contributed by atoms with E-state index >= 15 is 0 Å². The highest BCUT2D eigenvalue weighted by molar-refractivity contribution is 7.92. The van der Waals surface area contributed by atoms with Gasteiger partial charge in [0.15, 0.2) is 0 Å². The Kier molecular flexibility index (Phi) is 10.2. The molecule has 0 heterocycles. The first-order valence-electron chi connectivity index (χ1n) is 11.0. The zero-order valence-corrected chi connectivity index (χ0v) is 21.5. The van der Waals surface area contributed by atoms with Crippen LogP contribution in [0.25, 0.3) is 0 Å². The Labute approximate surface area is 206 Å². The number of halogens is 1. The third kappa shape index (κ3) is 7.36. The Bertz CT molecular complexity index is 1090. The number of carbonyl (C=O) groups excluding carboxylic acids is 2. The predicted molar refractivity (Wildman–Crippen MR) is 135 cm³/mol. The maximum Gasteiger partial charge on any atom is 0.242 e. The zero-order valence-electron chi connectivity index (χ0n) is 20.0. The molecular formula is C24H32ClN3O5S. The lowest BCUT2D eigenvalue weighted by Gasteiger charge is -2.31. The van der Waals surface area contributed by atoms with Crippen molar-refractivity contribution in [3.05, 3.63) is 59.1 Å². The van der Waals surface area contributed by atoms with E-state index in [9.17, 15) is 18.0 Å². The average Bonchev–Trinajstić information content (AvgIpc) is 2.81. The lowest BCUT2D eigenvalue weighted by atomic mass is 10.1. The summed E-state index contributed by atoms with van der Waals surface area (Å²) < 4.78 is 31.3. The Hall–Kier alpha value is -2.78. The Morgan fingerprint density at radius 2 is 1.85 bits per heavy atom. The van der Waals surface area contributed by atoms with Gasteiger partial charge < -0.3 is 15.0 Å². The molecule has 2 rings (SSSR count). The molecular weight excluding hydrogens is 478 g/mol. The van der Waals surface area contributed by atoms with Crippen LogP contribution in [0.3, 0.4) is 0 Å². The molecule has 2 aromatic rings. The summed E-state index contributed by atoms with van der Waals surface area (Å²) in [6.45, 7) is 2.12. The summed E-state index contributed by atoms with van der Waals surface area (Å²) in [5.74, 6) is 0.0102. The minimum absolute atomic E-state index is 0.0634. The molecule has 2 amide bonds. The van der Waals surface area contributed by atoms with Gasteiger partial charge in [-0.25, -0.2) is 8.42 Å². The van der Waals surface area contributed by atoms with Crippen LogP contribution in [0.5, 0.6) is 5.75 Å². The molecule has 0 spiro atoms. The van der Waals surface area contributed by atoms with Crippen LogP contribution in [0.2, 0.25) is 5.02 Å². The number of rotatable bonds is 12. The molecule has 2 aromatic carbocycles. The molecule has 186 valence electrons. The summed E-state index contributed by atoms with van der Waals surface area (Å²) in [5, 5.41) is 3.12. The minimum Gasteiger partial charge on any atom is -0.497 e. The lowest BCUT2D eigenvalue weighted by Crippen LogP contribution is -2.48. The quantitative estimate of drug-likeness (QED) is 0.472. The zero-order chi connectivity index (χ0) is 25.3. The van der Waals surface area contributed by atoms with E-state index in [1.165, 1.54) is 23.4 Å². The molecule has 8 nitrogen and oxygen atoms in total. The number of hydrogen-bond donors (Lipinski definition) is 1. The molecule has 34 heavy (non-hydrogen) atoms. The number of hydrogen-bond acceptors (Lipinski definition) is 5. The number of nitrogens with zero attached hydrogens (tertiary/aromatic N) is 2. The number of likely N-dealkylation sites (N-methyl/N-ethyl adjacent to an activating group) is 1. The Morgan fingerprint density at radius 1 is 1.15 bits per heavy atom. The van der Waals surface area contributed by atoms with Crippen molar-refractivity contribution in [2.24, 2.45) is 0 Å². The smallest absolute Gasteiger partial charge is 0.242 e. The van der Waals surface area contributed by atoms with E-state index < -0.39 is 16.1 Å². The van der Waals surface area contributed by atoms with E-state index in [-0.39, 0.29) is 37.7 Å². The summed E-state index contributed by atoms with van der Waals surface area (Å²) in [4.78, 5) is 27.3. The standard InChI is InChI=1S/C24H32ClN3O5S/c1-5-22(24(30)26-2)27(17-18-10-6-7-13-21(18)25)23(29)14-9-15-28(34(4,31)32)19-11-8-12-20(16-19)33-3/h6-8,10-13,16,22H,5,9,14-15,17H2,1-4H3,(H,26,30)/t22-/m1/s1. The third-order valence-electron chi connectivity index (χ3n) is 5.42. The fraction of sp³-hybridized carbons (Fsp3) is 0.417. The highest BCUT2D eigenvalue weighted by Gasteiger charge is 2.28. The van der Waals surface area contributed by atoms with Crippen LogP contribution in [0.4, 0.5) is 5.69 Å². The topological polar surface area (TPSA) is 96.0 Å². The van der Waals surface area contributed by atoms with Gasteiger partial charge in [-0.3, -0.25) is 13.9 Å². The summed E-state index contributed by atoms with van der Waals surface area (Å²) in [6.07, 6.45) is 1.88. The average molecular weight is 510 g/mol. The molecule has 1 atom stereocenters. The van der Waals surface area contributed by atoms with E-state index in [0.717, 1.165) is 11.8 Å². The van der Waals surface area contributed by atoms with Gasteiger partial charge in [0.05, 0.1) is 19.1 Å². The highest BCUT2D eigenvalue weighted by Crippen LogP contribution is 2.24. The molecule has 0 bridgehead atoms. The second kappa shape index (κ2) is 12.6. The van der Waals surface area contributed by atoms with Crippen molar-refractivity contribution >= 4 is 39.1 Å². The molecule has 0 aromatic heterocycles. The van der Waals surface area contributed by atoms with Gasteiger partial charge in [0, 0.05) is 37.6 Å². The Balaban J connectivity index is 2.21. The molecule has 0 aliphatic heterocycles. The number of carbonyl (C=O) groups is 2. The number of methoxy groups -OCH3 is 1. The van der Waals surface area contributed by atoms with Gasteiger partial charge in [0.25, 0.3) is 0 Å². The SMILES string of the molecule is CC[C@H](C(=O)NC)N(Cc1ccccc1Cl)C(=O)CCCN(c1cccc(OC)c1)S(C)(=O)=O. The van der Waals surface area contributed by atoms with Crippen molar-refractivity contribution in [3.8, 4) is 5.75 Å². The summed E-state index contributed by atoms with van der Waals surface area (Å²) >= 11 is 6.30. The lowest BCUT2D eigenvalue weighted by molar-refractivity contribution is -0.141. The van der Waals surface area contributed by atoms with E-state index in [1.54, 1.807) is 36.4 Å². The van der Waals surface area contributed by atoms with Crippen molar-refractivity contribution in [2.75, 3.05) is 31.3 Å². The Morgan fingerprint density at radius 3 is 2.44 bits per heavy atom. The monoisotopic (exact) mass is 509 g/mol. The van der Waals surface area contributed by atoms with Gasteiger partial charge in [0.2, 0.25) is 21.8 Å². The number of benzene rings is 2. The van der Waals surface area contributed by atoms with Gasteiger partial charge in [0.1, 0.15) is 11.8 Å². The summed E-state index contributed by atoms with van der Waals surface area (Å²) in [5.41, 5.74) is 1.19. The summed E-state index contributed by atoms with van der Waals surface area (Å²) in [7, 11) is -0.547. The van der Waals surface area contributed by atoms with Crippen LogP contribution in [0.1, 0.15) is 31.7 Å². The van der Waals surface area contributed by atoms with Crippen LogP contribution in [0.15, 0.2) is 48.5 Å². The van der Waals surface area contributed by atoms with Crippen molar-refractivity contribution < 1.29 is 22.7 Å². The van der Waals surface area contributed by atoms with E-state index in [4.69, 9.17) is 16.3 Å². The van der Waals surface area contributed by atoms with Crippen LogP contribution >= 0.6 is 11.6 Å². The molecule has 1 N–H and O–H groups in total. The first-order valence-corrected chi connectivity index (χ1v) is 13.2. The first kappa shape index (κ1) is 27.5. The predicted octanol–water partition coefficient (Wildman–Crippen LogP) is 3.45. The number of ether oxygens (including phenoxy) is 1. The maximum absolute atomic E-state index is 13.3. The minimum atomic E-state index is -3.58. The van der Waals surface area contributed by atoms with Crippen molar-refractivity contribution in [1.29, 1.82) is 0 Å². The van der Waals surface area contributed by atoms with E-state index in [0.29, 0.717) is 22.9 Å². The number of amides is 2. The molecule has 0 aliphatic rings. The maximum atomic E-state index is 13.3. The molecule has 0 saturated carbocycles. The molecule has 0 saturated heterocycles. The van der Waals surface area contributed by atoms with Crippen LogP contribution < -0.4 is 14.4 Å². The van der Waals surface area contributed by atoms with Crippen LogP contribution in [-0.2, 0) is 26.2 Å². The van der Waals surface area contributed by atoms with Gasteiger partial charge in [-0.05, 0) is 36.6 Å². The normalized spacial score (nSPS) is 12.0. The molecule has 0 aliphatic carbocycles. The van der Waals surface area contributed by atoms with Gasteiger partial charge in [-0.2, -0.15) is 0 Å². The molecule has 0 radical (unpaired) electrons. The van der Waals surface area contributed by atoms with Crippen LogP contribution in [0, 0.1) is 0 Å². The van der Waals surface area contributed by atoms with Gasteiger partial charge in [-0.1, -0.05) is 42.8 Å². The van der Waals surface area contributed by atoms with Crippen LogP contribution in [-0.4, -0.2) is 58.1 Å².